The van der Waals surface area contributed by atoms with Crippen molar-refractivity contribution in [1.29, 1.82) is 0 Å². The molecule has 0 aliphatic heterocycles. The highest BCUT2D eigenvalue weighted by Crippen LogP contribution is 2.21. The normalized spacial score (nSPS) is 11.2. The molecule has 0 unspecified atom stereocenters. The molecule has 2 aromatic heterocycles. The van der Waals surface area contributed by atoms with Crippen LogP contribution < -0.4 is 5.69 Å². The van der Waals surface area contributed by atoms with Gasteiger partial charge in [-0.15, -0.1) is 0 Å². The Labute approximate surface area is 138 Å². The van der Waals surface area contributed by atoms with Crippen LogP contribution in [0.5, 0.6) is 0 Å². The largest absolute Gasteiger partial charge is 0.476 e. The highest BCUT2D eigenvalue weighted by molar-refractivity contribution is 5.87. The van der Waals surface area contributed by atoms with Crippen molar-refractivity contribution in [2.45, 2.75) is 19.9 Å². The van der Waals surface area contributed by atoms with E-state index < -0.39 is 5.97 Å². The summed E-state index contributed by atoms with van der Waals surface area (Å²) in [5.74, 6) is -1.06. The molecule has 0 fully saturated rings. The van der Waals surface area contributed by atoms with Crippen LogP contribution >= 0.6 is 0 Å². The summed E-state index contributed by atoms with van der Waals surface area (Å²) in [5.41, 5.74) is 2.20. The van der Waals surface area contributed by atoms with E-state index in [-0.39, 0.29) is 17.4 Å². The van der Waals surface area contributed by atoms with E-state index in [0.717, 1.165) is 11.3 Å². The van der Waals surface area contributed by atoms with Crippen LogP contribution in [0.2, 0.25) is 0 Å². The first-order chi connectivity index (χ1) is 11.4. The molecule has 0 amide bonds. The molecule has 0 saturated carbocycles. The number of carboxylic acid groups (broad SMARTS) is 1. The van der Waals surface area contributed by atoms with Gasteiger partial charge in [0.2, 0.25) is 0 Å². The second-order valence-corrected chi connectivity index (χ2v) is 5.84. The van der Waals surface area contributed by atoms with E-state index in [1.54, 1.807) is 28.6 Å². The van der Waals surface area contributed by atoms with Crippen molar-refractivity contribution in [3.63, 3.8) is 0 Å². The smallest absolute Gasteiger partial charge is 0.356 e. The molecule has 1 N–H and O–H groups in total. The van der Waals surface area contributed by atoms with E-state index in [0.29, 0.717) is 5.69 Å². The number of hydrogen-bond acceptors (Lipinski definition) is 3. The third-order valence-corrected chi connectivity index (χ3v) is 3.90. The topological polar surface area (TPSA) is 82.0 Å². The summed E-state index contributed by atoms with van der Waals surface area (Å²) >= 11 is 0. The maximum atomic E-state index is 12.3. The fourth-order valence-electron chi connectivity index (χ4n) is 2.61. The average molecular weight is 326 g/mol. The number of aromatic carboxylic acids is 1. The number of nitrogens with zero attached hydrogens (tertiary/aromatic N) is 4. The minimum absolute atomic E-state index is 0.00167. The quantitative estimate of drug-likeness (QED) is 0.797. The molecule has 7 nitrogen and oxygen atoms in total. The zero-order chi connectivity index (χ0) is 17.4. The molecule has 2 heterocycles. The van der Waals surface area contributed by atoms with Crippen molar-refractivity contribution in [2.24, 2.45) is 7.05 Å². The van der Waals surface area contributed by atoms with Gasteiger partial charge in [0, 0.05) is 25.5 Å². The number of aryl methyl sites for hydroxylation is 1. The van der Waals surface area contributed by atoms with Crippen molar-refractivity contribution in [3.8, 4) is 16.9 Å². The Kier molecular flexibility index (Phi) is 3.84. The first-order valence-corrected chi connectivity index (χ1v) is 7.56. The van der Waals surface area contributed by atoms with E-state index in [1.165, 1.54) is 10.7 Å². The van der Waals surface area contributed by atoms with Crippen molar-refractivity contribution in [3.05, 3.63) is 58.9 Å². The average Bonchev–Trinajstić information content (AvgIpc) is 3.11. The van der Waals surface area contributed by atoms with Gasteiger partial charge < -0.3 is 5.11 Å². The Hall–Kier alpha value is -3.09. The number of hydrogen-bond donors (Lipinski definition) is 1. The van der Waals surface area contributed by atoms with Gasteiger partial charge >= 0.3 is 11.7 Å². The monoisotopic (exact) mass is 326 g/mol. The fraction of sp³-hybridized carbons (Fsp3) is 0.235. The third kappa shape index (κ3) is 2.64. The van der Waals surface area contributed by atoms with E-state index in [4.69, 9.17) is 5.11 Å². The molecule has 1 aromatic carbocycles. The molecule has 0 aliphatic carbocycles. The van der Waals surface area contributed by atoms with Crippen molar-refractivity contribution in [2.75, 3.05) is 0 Å². The molecule has 0 spiro atoms. The molecular formula is C17H18N4O3. The molecule has 0 bridgehead atoms. The van der Waals surface area contributed by atoms with E-state index in [9.17, 15) is 9.59 Å². The third-order valence-electron chi connectivity index (χ3n) is 3.90. The van der Waals surface area contributed by atoms with Gasteiger partial charge in [0.15, 0.2) is 5.69 Å². The molecule has 0 aliphatic rings. The number of imidazole rings is 1. The van der Waals surface area contributed by atoms with Gasteiger partial charge in [-0.3, -0.25) is 13.8 Å². The van der Waals surface area contributed by atoms with E-state index >= 15 is 0 Å². The number of benzene rings is 1. The van der Waals surface area contributed by atoms with Crippen LogP contribution in [0.1, 0.15) is 30.4 Å². The Morgan fingerprint density at radius 3 is 2.33 bits per heavy atom. The summed E-state index contributed by atoms with van der Waals surface area (Å²) in [6.45, 7) is 3.91. The van der Waals surface area contributed by atoms with Gasteiger partial charge in [-0.2, -0.15) is 5.10 Å². The van der Waals surface area contributed by atoms with Gasteiger partial charge in [0.1, 0.15) is 0 Å². The number of carboxylic acids is 1. The molecule has 0 atom stereocenters. The van der Waals surface area contributed by atoms with Crippen molar-refractivity contribution < 1.29 is 9.90 Å². The van der Waals surface area contributed by atoms with Crippen LogP contribution in [0, 0.1) is 0 Å². The summed E-state index contributed by atoms with van der Waals surface area (Å²) in [6, 6.07) is 8.97. The Morgan fingerprint density at radius 1 is 1.17 bits per heavy atom. The molecule has 7 heteroatoms. The number of rotatable bonds is 4. The molecule has 0 radical (unpaired) electrons. The molecule has 3 rings (SSSR count). The van der Waals surface area contributed by atoms with Crippen LogP contribution in [-0.4, -0.2) is 30.0 Å². The van der Waals surface area contributed by atoms with Gasteiger partial charge in [-0.1, -0.05) is 12.1 Å². The van der Waals surface area contributed by atoms with Crippen LogP contribution in [0.15, 0.2) is 47.5 Å². The first-order valence-electron chi connectivity index (χ1n) is 7.56. The Balaban J connectivity index is 1.97. The summed E-state index contributed by atoms with van der Waals surface area (Å²) in [7, 11) is 1.70. The zero-order valence-corrected chi connectivity index (χ0v) is 13.7. The second kappa shape index (κ2) is 5.84. The fourth-order valence-corrected chi connectivity index (χ4v) is 2.61. The van der Waals surface area contributed by atoms with Crippen LogP contribution in [-0.2, 0) is 7.05 Å². The highest BCUT2D eigenvalue weighted by Gasteiger charge is 2.13. The second-order valence-electron chi connectivity index (χ2n) is 5.84. The number of aromatic nitrogens is 4. The van der Waals surface area contributed by atoms with Crippen LogP contribution in [0.25, 0.3) is 16.9 Å². The minimum atomic E-state index is -1.06. The van der Waals surface area contributed by atoms with Gasteiger partial charge in [0.05, 0.1) is 11.4 Å². The van der Waals surface area contributed by atoms with Crippen molar-refractivity contribution >= 4 is 5.97 Å². The van der Waals surface area contributed by atoms with Gasteiger partial charge in [-0.25, -0.2) is 9.59 Å². The van der Waals surface area contributed by atoms with Crippen molar-refractivity contribution in [1.82, 2.24) is 18.9 Å². The standard InChI is InChI=1S/C17H18N4O3/c1-11(2)20-8-9-21(17(20)24)13-6-4-12(5-7-13)15-10-14(16(22)23)18-19(15)3/h4-11H,1-3H3,(H,22,23). The SMILES string of the molecule is CC(C)n1ccn(-c2ccc(-c3cc(C(=O)O)nn3C)cc2)c1=O. The van der Waals surface area contributed by atoms with Gasteiger partial charge in [-0.05, 0) is 37.6 Å². The lowest BCUT2D eigenvalue weighted by Crippen LogP contribution is -2.24. The predicted molar refractivity (Wildman–Crippen MR) is 89.6 cm³/mol. The summed E-state index contributed by atoms with van der Waals surface area (Å²) in [6.07, 6.45) is 3.51. The zero-order valence-electron chi connectivity index (χ0n) is 13.7. The number of carbonyl (C=O) groups is 1. The summed E-state index contributed by atoms with van der Waals surface area (Å²) in [5, 5.41) is 13.0. The molecule has 3 aromatic rings. The molecular weight excluding hydrogens is 308 g/mol. The Morgan fingerprint density at radius 2 is 1.83 bits per heavy atom. The minimum Gasteiger partial charge on any atom is -0.476 e. The lowest BCUT2D eigenvalue weighted by Gasteiger charge is -2.06. The maximum absolute atomic E-state index is 12.3. The van der Waals surface area contributed by atoms with Crippen LogP contribution in [0.4, 0.5) is 0 Å². The van der Waals surface area contributed by atoms with E-state index in [2.05, 4.69) is 5.10 Å². The predicted octanol–water partition coefficient (Wildman–Crippen LogP) is 2.32. The lowest BCUT2D eigenvalue weighted by molar-refractivity contribution is 0.0689. The summed E-state index contributed by atoms with van der Waals surface area (Å²) in [4.78, 5) is 23.4. The summed E-state index contributed by atoms with van der Waals surface area (Å²) < 4.78 is 4.77. The lowest BCUT2D eigenvalue weighted by atomic mass is 10.1. The van der Waals surface area contributed by atoms with Crippen LogP contribution in [0.3, 0.4) is 0 Å². The molecule has 124 valence electrons. The molecule has 0 saturated heterocycles. The maximum Gasteiger partial charge on any atom is 0.356 e. The first kappa shape index (κ1) is 15.8. The van der Waals surface area contributed by atoms with Gasteiger partial charge in [0.25, 0.3) is 0 Å². The Bertz CT molecular complexity index is 945. The highest BCUT2D eigenvalue weighted by atomic mass is 16.4. The van der Waals surface area contributed by atoms with E-state index in [1.807, 2.05) is 38.1 Å². The molecule has 24 heavy (non-hydrogen) atoms.